The lowest BCUT2D eigenvalue weighted by molar-refractivity contribution is 0.226. The molecule has 1 N–H and O–H groups in total. The first kappa shape index (κ1) is 16.6. The molecular weight excluding hydrogens is 380 g/mol. The van der Waals surface area contributed by atoms with Crippen molar-refractivity contribution in [2.75, 3.05) is 5.32 Å². The van der Waals surface area contributed by atoms with Crippen molar-refractivity contribution in [3.8, 4) is 5.75 Å². The van der Waals surface area contributed by atoms with Crippen molar-refractivity contribution < 1.29 is 4.74 Å². The minimum atomic E-state index is -0.185. The summed E-state index contributed by atoms with van der Waals surface area (Å²) < 4.78 is 8.55. The van der Waals surface area contributed by atoms with Gasteiger partial charge in [-0.15, -0.1) is 11.3 Å². The smallest absolute Gasteiger partial charge is 0.226 e. The lowest BCUT2D eigenvalue weighted by atomic mass is 9.86. The zero-order valence-corrected chi connectivity index (χ0v) is 16.6. The number of rotatable bonds is 2. The maximum Gasteiger partial charge on any atom is 0.226 e. The van der Waals surface area contributed by atoms with Crippen LogP contribution in [0.4, 0.5) is 5.95 Å². The van der Waals surface area contributed by atoms with Crippen LogP contribution in [-0.2, 0) is 0 Å². The van der Waals surface area contributed by atoms with Gasteiger partial charge >= 0.3 is 0 Å². The van der Waals surface area contributed by atoms with Gasteiger partial charge in [0.15, 0.2) is 6.10 Å². The molecule has 2 aliphatic rings. The van der Waals surface area contributed by atoms with E-state index in [0.717, 1.165) is 34.1 Å². The molecule has 0 amide bonds. The van der Waals surface area contributed by atoms with Gasteiger partial charge in [0.25, 0.3) is 0 Å². The predicted molar refractivity (Wildman–Crippen MR) is 114 cm³/mol. The first-order valence-electron chi connectivity index (χ1n) is 9.56. The fourth-order valence-electron chi connectivity index (χ4n) is 4.22. The molecule has 0 spiro atoms. The van der Waals surface area contributed by atoms with Crippen LogP contribution in [0.1, 0.15) is 33.7 Å². The van der Waals surface area contributed by atoms with E-state index in [1.165, 1.54) is 10.4 Å². The minimum absolute atomic E-state index is 0.0919. The third-order valence-electron chi connectivity index (χ3n) is 5.49. The van der Waals surface area contributed by atoms with Crippen LogP contribution in [0.25, 0.3) is 5.70 Å². The average molecular weight is 398 g/mol. The minimum Gasteiger partial charge on any atom is -0.480 e. The molecule has 4 aromatic rings. The summed E-state index contributed by atoms with van der Waals surface area (Å²) in [7, 11) is 0. The number of hydrogen-bond donors (Lipinski definition) is 1. The summed E-state index contributed by atoms with van der Waals surface area (Å²) in [6, 6.07) is 20.9. The molecule has 0 radical (unpaired) electrons. The maximum absolute atomic E-state index is 6.60. The lowest BCUT2D eigenvalue weighted by Crippen LogP contribution is -2.32. The standard InChI is InChI=1S/C23H18N4OS/c1-14-9-10-17-16(12-14)20-19(22(28-17)18-8-5-11-29-18)21(15-6-3-2-4-7-15)27-23(26-20)24-13-25-27/h2-13,21-22H,1H3,(H,24,25,26)/t21-,22+/m0/s1. The van der Waals surface area contributed by atoms with E-state index in [-0.39, 0.29) is 12.1 Å². The Morgan fingerprint density at radius 2 is 1.97 bits per heavy atom. The molecule has 2 atom stereocenters. The molecule has 0 unspecified atom stereocenters. The summed E-state index contributed by atoms with van der Waals surface area (Å²) in [6.07, 6.45) is 1.42. The summed E-state index contributed by atoms with van der Waals surface area (Å²) in [4.78, 5) is 5.65. The Hall–Kier alpha value is -3.38. The molecule has 0 fully saturated rings. The fraction of sp³-hybridized carbons (Fsp3) is 0.130. The van der Waals surface area contributed by atoms with Crippen molar-refractivity contribution in [3.63, 3.8) is 0 Å². The molecule has 2 aliphatic heterocycles. The molecule has 4 heterocycles. The number of thiophene rings is 1. The van der Waals surface area contributed by atoms with Gasteiger partial charge in [-0.05, 0) is 36.1 Å². The molecule has 142 valence electrons. The molecule has 29 heavy (non-hydrogen) atoms. The Bertz CT molecular complexity index is 1230. The van der Waals surface area contributed by atoms with E-state index in [9.17, 15) is 0 Å². The third kappa shape index (κ3) is 2.53. The summed E-state index contributed by atoms with van der Waals surface area (Å²) >= 11 is 1.71. The number of hydrogen-bond acceptors (Lipinski definition) is 5. The average Bonchev–Trinajstić information content (AvgIpc) is 3.44. The highest BCUT2D eigenvalue weighted by Crippen LogP contribution is 2.51. The zero-order valence-electron chi connectivity index (χ0n) is 15.7. The summed E-state index contributed by atoms with van der Waals surface area (Å²) in [5.74, 6) is 1.64. The van der Waals surface area contributed by atoms with Crippen molar-refractivity contribution in [2.45, 2.75) is 19.1 Å². The van der Waals surface area contributed by atoms with Gasteiger partial charge < -0.3 is 10.1 Å². The second kappa shape index (κ2) is 6.32. The van der Waals surface area contributed by atoms with Gasteiger partial charge in [-0.2, -0.15) is 10.1 Å². The van der Waals surface area contributed by atoms with Crippen LogP contribution in [0.2, 0.25) is 0 Å². The molecule has 2 aromatic heterocycles. The number of aryl methyl sites for hydroxylation is 1. The van der Waals surface area contributed by atoms with Gasteiger partial charge in [0, 0.05) is 16.0 Å². The quantitative estimate of drug-likeness (QED) is 0.504. The Morgan fingerprint density at radius 1 is 1.07 bits per heavy atom. The van der Waals surface area contributed by atoms with Crippen molar-refractivity contribution in [1.29, 1.82) is 0 Å². The number of ether oxygens (including phenoxy) is 1. The van der Waals surface area contributed by atoms with Crippen LogP contribution >= 0.6 is 11.3 Å². The maximum atomic E-state index is 6.60. The van der Waals surface area contributed by atoms with Gasteiger partial charge in [-0.25, -0.2) is 4.68 Å². The SMILES string of the molecule is Cc1ccc2c(c1)C1=C([C@H](c3ccccc3)n3ncnc3N1)[C@@H](c1cccs1)O2. The monoisotopic (exact) mass is 398 g/mol. The Labute approximate surface area is 172 Å². The Morgan fingerprint density at radius 3 is 2.79 bits per heavy atom. The first-order valence-corrected chi connectivity index (χ1v) is 10.4. The number of aromatic nitrogens is 3. The zero-order chi connectivity index (χ0) is 19.4. The molecular formula is C23H18N4OS. The number of nitrogens with zero attached hydrogens (tertiary/aromatic N) is 3. The Kier molecular flexibility index (Phi) is 3.61. The van der Waals surface area contributed by atoms with E-state index in [2.05, 4.69) is 82.3 Å². The molecule has 6 heteroatoms. The van der Waals surface area contributed by atoms with Crippen LogP contribution in [0.5, 0.6) is 5.75 Å². The van der Waals surface area contributed by atoms with Crippen molar-refractivity contribution >= 4 is 23.0 Å². The molecule has 2 aromatic carbocycles. The largest absolute Gasteiger partial charge is 0.480 e. The van der Waals surface area contributed by atoms with Crippen LogP contribution in [0.15, 0.2) is 77.9 Å². The third-order valence-corrected chi connectivity index (χ3v) is 6.40. The van der Waals surface area contributed by atoms with Gasteiger partial charge in [0.2, 0.25) is 5.95 Å². The topological polar surface area (TPSA) is 52.0 Å². The summed E-state index contributed by atoms with van der Waals surface area (Å²) in [5.41, 5.74) is 5.66. The fourth-order valence-corrected chi connectivity index (χ4v) is 4.99. The number of anilines is 1. The van der Waals surface area contributed by atoms with Crippen molar-refractivity contribution in [2.24, 2.45) is 0 Å². The van der Waals surface area contributed by atoms with E-state index >= 15 is 0 Å². The van der Waals surface area contributed by atoms with Crippen LogP contribution in [-0.4, -0.2) is 14.8 Å². The van der Waals surface area contributed by atoms with Gasteiger partial charge in [-0.3, -0.25) is 0 Å². The lowest BCUT2D eigenvalue weighted by Gasteiger charge is -2.38. The van der Waals surface area contributed by atoms with E-state index in [1.807, 2.05) is 10.7 Å². The number of fused-ring (bicyclic) bond motifs is 3. The number of nitrogens with one attached hydrogen (secondary N) is 1. The molecule has 0 bridgehead atoms. The predicted octanol–water partition coefficient (Wildman–Crippen LogP) is 5.21. The van der Waals surface area contributed by atoms with Crippen molar-refractivity contribution in [3.05, 3.63) is 99.5 Å². The molecule has 0 aliphatic carbocycles. The molecule has 6 rings (SSSR count). The Balaban J connectivity index is 1.66. The van der Waals surface area contributed by atoms with Crippen molar-refractivity contribution in [1.82, 2.24) is 14.8 Å². The number of benzene rings is 2. The molecule has 0 saturated heterocycles. The second-order valence-electron chi connectivity index (χ2n) is 7.31. The van der Waals surface area contributed by atoms with Gasteiger partial charge in [0.1, 0.15) is 18.1 Å². The van der Waals surface area contributed by atoms with Crippen LogP contribution < -0.4 is 10.1 Å². The summed E-state index contributed by atoms with van der Waals surface area (Å²) in [5, 5.41) is 10.2. The van der Waals surface area contributed by atoms with Gasteiger partial charge in [0.05, 0.1) is 5.70 Å². The molecule has 5 nitrogen and oxygen atoms in total. The van der Waals surface area contributed by atoms with E-state index < -0.39 is 0 Å². The van der Waals surface area contributed by atoms with E-state index in [1.54, 1.807) is 17.7 Å². The highest BCUT2D eigenvalue weighted by Gasteiger charge is 2.41. The first-order chi connectivity index (χ1) is 14.3. The van der Waals surface area contributed by atoms with E-state index in [0.29, 0.717) is 0 Å². The highest BCUT2D eigenvalue weighted by molar-refractivity contribution is 7.10. The van der Waals surface area contributed by atoms with Crippen LogP contribution in [0, 0.1) is 6.92 Å². The summed E-state index contributed by atoms with van der Waals surface area (Å²) in [6.45, 7) is 2.10. The van der Waals surface area contributed by atoms with E-state index in [4.69, 9.17) is 4.74 Å². The van der Waals surface area contributed by atoms with Crippen LogP contribution in [0.3, 0.4) is 0 Å². The van der Waals surface area contributed by atoms with Gasteiger partial charge in [-0.1, -0.05) is 48.0 Å². The highest BCUT2D eigenvalue weighted by atomic mass is 32.1. The molecule has 0 saturated carbocycles. The normalized spacial score (nSPS) is 19.6. The second-order valence-corrected chi connectivity index (χ2v) is 8.29.